The summed E-state index contributed by atoms with van der Waals surface area (Å²) in [4.78, 5) is 36.7. The number of nitrogens with zero attached hydrogens (tertiary/aromatic N) is 6. The first-order valence-electron chi connectivity index (χ1n) is 15.3. The lowest BCUT2D eigenvalue weighted by molar-refractivity contribution is -0.150. The zero-order valence-corrected chi connectivity index (χ0v) is 27.7. The number of rotatable bonds is 13. The Balaban J connectivity index is 1.15. The molecule has 0 bridgehead atoms. The molecule has 1 aromatic carbocycles. The molecule has 1 fully saturated rings. The summed E-state index contributed by atoms with van der Waals surface area (Å²) in [6.07, 6.45) is 4.42. The molecule has 4 heterocycles. The summed E-state index contributed by atoms with van der Waals surface area (Å²) in [6, 6.07) is 16.9. The van der Waals surface area contributed by atoms with Gasteiger partial charge in [-0.05, 0) is 48.9 Å². The summed E-state index contributed by atoms with van der Waals surface area (Å²) in [5.74, 6) is 0.541. The summed E-state index contributed by atoms with van der Waals surface area (Å²) in [5.41, 5.74) is 3.73. The molecule has 0 radical (unpaired) electrons. The summed E-state index contributed by atoms with van der Waals surface area (Å²) in [7, 11) is 0.628. The van der Waals surface area contributed by atoms with E-state index in [9.17, 15) is 9.59 Å². The number of fused-ring (bicyclic) bond motifs is 1. The molecular formula is C33H42N6O5Si. The van der Waals surface area contributed by atoms with Crippen LogP contribution >= 0.6 is 0 Å². The second-order valence-electron chi connectivity index (χ2n) is 12.7. The molecule has 1 atom stereocenters. The normalized spacial score (nSPS) is 15.4. The lowest BCUT2D eigenvalue weighted by atomic mass is 10.2. The summed E-state index contributed by atoms with van der Waals surface area (Å²) < 4.78 is 18.7. The van der Waals surface area contributed by atoms with E-state index in [1.807, 2.05) is 47.1 Å². The molecule has 5 rings (SSSR count). The first kappa shape index (κ1) is 32.3. The molecule has 1 amide bonds. The number of hydrogen-bond acceptors (Lipinski definition) is 9. The van der Waals surface area contributed by atoms with Crippen molar-refractivity contribution in [2.24, 2.45) is 0 Å². The van der Waals surface area contributed by atoms with Crippen molar-refractivity contribution < 1.29 is 23.8 Å². The van der Waals surface area contributed by atoms with Crippen molar-refractivity contribution in [3.63, 3.8) is 0 Å². The van der Waals surface area contributed by atoms with Crippen LogP contribution in [0.1, 0.15) is 19.0 Å². The van der Waals surface area contributed by atoms with Gasteiger partial charge in [0.1, 0.15) is 12.5 Å². The van der Waals surface area contributed by atoms with E-state index < -0.39 is 14.0 Å². The van der Waals surface area contributed by atoms with Crippen molar-refractivity contribution in [2.75, 3.05) is 33.4 Å². The van der Waals surface area contributed by atoms with E-state index in [1.165, 1.54) is 6.92 Å². The average molecular weight is 631 g/mol. The highest BCUT2D eigenvalue weighted by atomic mass is 28.3. The third kappa shape index (κ3) is 8.96. The largest absolute Gasteiger partial charge is 0.456 e. The second-order valence-corrected chi connectivity index (χ2v) is 18.3. The van der Waals surface area contributed by atoms with Crippen molar-refractivity contribution in [2.45, 2.75) is 58.3 Å². The number of pyridine rings is 2. The average Bonchev–Trinajstić information content (AvgIpc) is 3.67. The van der Waals surface area contributed by atoms with Crippen LogP contribution in [0.3, 0.4) is 0 Å². The van der Waals surface area contributed by atoms with Crippen molar-refractivity contribution in [3.05, 3.63) is 66.6 Å². The number of likely N-dealkylation sites (tertiary alicyclic amines) is 1. The predicted octanol–water partition coefficient (Wildman–Crippen LogP) is 5.19. The number of aromatic nitrogens is 4. The number of benzene rings is 1. The van der Waals surface area contributed by atoms with Gasteiger partial charge in [0, 0.05) is 83.7 Å². The van der Waals surface area contributed by atoms with Gasteiger partial charge in [-0.3, -0.25) is 19.5 Å². The van der Waals surface area contributed by atoms with Gasteiger partial charge >= 0.3 is 5.97 Å². The van der Waals surface area contributed by atoms with Crippen LogP contribution in [-0.4, -0.2) is 88.9 Å². The van der Waals surface area contributed by atoms with Crippen molar-refractivity contribution in [3.8, 4) is 22.9 Å². The SMILES string of the molecule is CC(=O)OCC(=O)N(C)[C@@H]1CCN(Cc2ccc3cc(Oc4ccc(-c5ccnn5COCC[Si](C)(C)C)cn4)ccc3n2)C1. The molecule has 1 saturated heterocycles. The molecule has 0 saturated carbocycles. The van der Waals surface area contributed by atoms with E-state index in [1.54, 1.807) is 24.3 Å². The first-order chi connectivity index (χ1) is 21.5. The molecule has 4 aromatic rings. The van der Waals surface area contributed by atoms with Crippen LogP contribution in [0.25, 0.3) is 22.2 Å². The molecule has 1 aliphatic heterocycles. The topological polar surface area (TPSA) is 112 Å². The number of esters is 1. The Bertz CT molecular complexity index is 1620. The van der Waals surface area contributed by atoms with Crippen LogP contribution in [-0.2, 0) is 32.3 Å². The quantitative estimate of drug-likeness (QED) is 0.112. The maximum atomic E-state index is 12.3. The summed E-state index contributed by atoms with van der Waals surface area (Å²) in [6.45, 7) is 11.6. The Labute approximate surface area is 265 Å². The second kappa shape index (κ2) is 14.3. The van der Waals surface area contributed by atoms with Gasteiger partial charge in [-0.15, -0.1) is 0 Å². The Morgan fingerprint density at radius 2 is 1.93 bits per heavy atom. The highest BCUT2D eigenvalue weighted by Crippen LogP contribution is 2.27. The molecule has 12 heteroatoms. The van der Waals surface area contributed by atoms with E-state index in [0.29, 0.717) is 24.9 Å². The maximum Gasteiger partial charge on any atom is 0.303 e. The lowest BCUT2D eigenvalue weighted by Gasteiger charge is -2.24. The molecule has 0 unspecified atom stereocenters. The van der Waals surface area contributed by atoms with Gasteiger partial charge in [0.2, 0.25) is 5.88 Å². The first-order valence-corrected chi connectivity index (χ1v) is 19.0. The summed E-state index contributed by atoms with van der Waals surface area (Å²) >= 11 is 0. The minimum Gasteiger partial charge on any atom is -0.456 e. The number of amides is 1. The van der Waals surface area contributed by atoms with Crippen LogP contribution in [0.5, 0.6) is 11.6 Å². The molecule has 3 aromatic heterocycles. The third-order valence-electron chi connectivity index (χ3n) is 7.87. The molecule has 11 nitrogen and oxygen atoms in total. The van der Waals surface area contributed by atoms with Crippen LogP contribution in [0.4, 0.5) is 0 Å². The number of hydrogen-bond donors (Lipinski definition) is 0. The Kier molecular flexibility index (Phi) is 10.3. The molecule has 238 valence electrons. The fourth-order valence-electron chi connectivity index (χ4n) is 5.19. The minimum atomic E-state index is -1.14. The zero-order valence-electron chi connectivity index (χ0n) is 26.7. The standard InChI is InChI=1S/C33H42N6O5Si/c1-24(40)43-22-33(41)37(2)28-13-15-38(21-28)20-27-8-6-25-18-29(9-10-30(25)36-27)44-32-11-7-26(19-34-32)31-12-14-35-39(31)23-42-16-17-45(3,4)5/h6-12,14,18-19,28H,13,15-17,20-23H2,1-5H3/t28-/m1/s1. The number of carbonyl (C=O) groups excluding carboxylic acids is 2. The molecule has 0 aliphatic carbocycles. The monoisotopic (exact) mass is 630 g/mol. The molecule has 45 heavy (non-hydrogen) atoms. The zero-order chi connectivity index (χ0) is 32.0. The van der Waals surface area contributed by atoms with E-state index in [4.69, 9.17) is 19.2 Å². The fourth-order valence-corrected chi connectivity index (χ4v) is 5.95. The maximum absolute atomic E-state index is 12.3. The lowest BCUT2D eigenvalue weighted by Crippen LogP contribution is -2.41. The Morgan fingerprint density at radius 1 is 1.09 bits per heavy atom. The Hall–Kier alpha value is -4.13. The van der Waals surface area contributed by atoms with Gasteiger partial charge in [-0.1, -0.05) is 25.7 Å². The van der Waals surface area contributed by atoms with Crippen LogP contribution in [0.2, 0.25) is 25.7 Å². The minimum absolute atomic E-state index is 0.0803. The van der Waals surface area contributed by atoms with Gasteiger partial charge < -0.3 is 19.1 Å². The van der Waals surface area contributed by atoms with Gasteiger partial charge in [0.05, 0.1) is 16.9 Å². The molecular weight excluding hydrogens is 588 g/mol. The molecule has 1 aliphatic rings. The van der Waals surface area contributed by atoms with Crippen molar-refractivity contribution >= 4 is 30.9 Å². The van der Waals surface area contributed by atoms with Gasteiger partial charge in [-0.25, -0.2) is 9.67 Å². The number of ether oxygens (including phenoxy) is 3. The summed E-state index contributed by atoms with van der Waals surface area (Å²) in [5, 5.41) is 5.39. The third-order valence-corrected chi connectivity index (χ3v) is 9.58. The van der Waals surface area contributed by atoms with E-state index in [-0.39, 0.29) is 18.6 Å². The van der Waals surface area contributed by atoms with Crippen molar-refractivity contribution in [1.82, 2.24) is 29.5 Å². The molecule has 0 spiro atoms. The van der Waals surface area contributed by atoms with Gasteiger partial charge in [0.15, 0.2) is 6.61 Å². The number of likely N-dealkylation sites (N-methyl/N-ethyl adjacent to an activating group) is 1. The highest BCUT2D eigenvalue weighted by Gasteiger charge is 2.29. The predicted molar refractivity (Wildman–Crippen MR) is 174 cm³/mol. The highest BCUT2D eigenvalue weighted by molar-refractivity contribution is 6.76. The van der Waals surface area contributed by atoms with Crippen LogP contribution in [0, 0.1) is 0 Å². The van der Waals surface area contributed by atoms with E-state index in [2.05, 4.69) is 40.7 Å². The Morgan fingerprint density at radius 3 is 2.69 bits per heavy atom. The van der Waals surface area contributed by atoms with Gasteiger partial charge in [-0.2, -0.15) is 5.10 Å². The van der Waals surface area contributed by atoms with Crippen LogP contribution in [0.15, 0.2) is 60.9 Å². The molecule has 0 N–H and O–H groups in total. The van der Waals surface area contributed by atoms with E-state index in [0.717, 1.165) is 60.0 Å². The van der Waals surface area contributed by atoms with E-state index >= 15 is 0 Å². The van der Waals surface area contributed by atoms with Crippen LogP contribution < -0.4 is 4.74 Å². The number of carbonyl (C=O) groups is 2. The smallest absolute Gasteiger partial charge is 0.303 e. The van der Waals surface area contributed by atoms with Gasteiger partial charge in [0.25, 0.3) is 5.91 Å². The van der Waals surface area contributed by atoms with Crippen molar-refractivity contribution in [1.29, 1.82) is 0 Å². The fraction of sp³-hybridized carbons (Fsp3) is 0.424.